The van der Waals surface area contributed by atoms with Gasteiger partial charge in [-0.1, -0.05) is 12.1 Å². The van der Waals surface area contributed by atoms with Crippen LogP contribution >= 0.6 is 0 Å². The molecule has 0 saturated carbocycles. The summed E-state index contributed by atoms with van der Waals surface area (Å²) in [6, 6.07) is 9.51. The number of amides is 1. The first-order valence-electron chi connectivity index (χ1n) is 7.28. The lowest BCUT2D eigenvalue weighted by Gasteiger charge is -2.12. The monoisotopic (exact) mass is 367 g/mol. The Morgan fingerprint density at radius 3 is 2.58 bits per heavy atom. The summed E-state index contributed by atoms with van der Waals surface area (Å²) in [6.07, 6.45) is 0. The molecule has 2 aromatic rings. The van der Waals surface area contributed by atoms with Gasteiger partial charge in [-0.05, 0) is 24.3 Å². The van der Waals surface area contributed by atoms with Crippen molar-refractivity contribution in [3.05, 3.63) is 48.0 Å². The minimum absolute atomic E-state index is 0.00106. The SMILES string of the molecule is COc1ccc(C(=O)OCC(=O)Nc2ccccc2OC(F)F)c(O)c1. The molecule has 26 heavy (non-hydrogen) atoms. The second-order valence-corrected chi connectivity index (χ2v) is 4.88. The number of phenols is 1. The van der Waals surface area contributed by atoms with Crippen molar-refractivity contribution in [2.24, 2.45) is 0 Å². The molecule has 0 aliphatic heterocycles. The van der Waals surface area contributed by atoms with Gasteiger partial charge in [0, 0.05) is 6.07 Å². The first-order chi connectivity index (χ1) is 12.4. The van der Waals surface area contributed by atoms with Gasteiger partial charge in [-0.25, -0.2) is 4.79 Å². The van der Waals surface area contributed by atoms with E-state index < -0.39 is 25.1 Å². The van der Waals surface area contributed by atoms with E-state index in [4.69, 9.17) is 9.47 Å². The van der Waals surface area contributed by atoms with Gasteiger partial charge >= 0.3 is 12.6 Å². The molecule has 7 nitrogen and oxygen atoms in total. The Hall–Kier alpha value is -3.36. The number of halogens is 2. The first kappa shape index (κ1) is 19.0. The number of esters is 1. The number of methoxy groups -OCH3 is 1. The van der Waals surface area contributed by atoms with E-state index in [1.807, 2.05) is 0 Å². The molecule has 9 heteroatoms. The number of alkyl halides is 2. The van der Waals surface area contributed by atoms with Crippen molar-refractivity contribution in [1.82, 2.24) is 0 Å². The fourth-order valence-electron chi connectivity index (χ4n) is 1.97. The lowest BCUT2D eigenvalue weighted by atomic mass is 10.2. The maximum absolute atomic E-state index is 12.3. The molecule has 2 aromatic carbocycles. The average Bonchev–Trinajstić information content (AvgIpc) is 2.60. The minimum Gasteiger partial charge on any atom is -0.507 e. The molecule has 0 radical (unpaired) electrons. The highest BCUT2D eigenvalue weighted by atomic mass is 19.3. The zero-order valence-electron chi connectivity index (χ0n) is 13.6. The number of para-hydroxylation sites is 2. The van der Waals surface area contributed by atoms with Crippen molar-refractivity contribution >= 4 is 17.6 Å². The Bertz CT molecular complexity index is 797. The molecule has 0 spiro atoms. The van der Waals surface area contributed by atoms with Crippen molar-refractivity contribution in [2.45, 2.75) is 6.61 Å². The number of anilines is 1. The third-order valence-corrected chi connectivity index (χ3v) is 3.14. The molecular weight excluding hydrogens is 352 g/mol. The van der Waals surface area contributed by atoms with Gasteiger partial charge in [0.05, 0.1) is 12.8 Å². The molecule has 0 bridgehead atoms. The molecule has 0 heterocycles. The molecule has 0 aliphatic carbocycles. The number of hydrogen-bond acceptors (Lipinski definition) is 6. The van der Waals surface area contributed by atoms with E-state index in [0.717, 1.165) is 0 Å². The quantitative estimate of drug-likeness (QED) is 0.731. The number of benzene rings is 2. The standard InChI is InChI=1S/C17H15F2NO6/c1-24-10-6-7-11(13(21)8-10)16(23)25-9-15(22)20-12-4-2-3-5-14(12)26-17(18)19/h2-8,17,21H,9H2,1H3,(H,20,22). The van der Waals surface area contributed by atoms with Crippen LogP contribution in [-0.4, -0.2) is 37.3 Å². The molecule has 0 unspecified atom stereocenters. The molecule has 2 N–H and O–H groups in total. The third-order valence-electron chi connectivity index (χ3n) is 3.14. The molecule has 0 aromatic heterocycles. The predicted octanol–water partition coefficient (Wildman–Crippen LogP) is 2.80. The Kier molecular flexibility index (Phi) is 6.31. The van der Waals surface area contributed by atoms with Crippen LogP contribution in [0.15, 0.2) is 42.5 Å². The molecule has 1 amide bonds. The number of carbonyl (C=O) groups excluding carboxylic acids is 2. The van der Waals surface area contributed by atoms with Crippen LogP contribution in [0.4, 0.5) is 14.5 Å². The summed E-state index contributed by atoms with van der Waals surface area (Å²) in [5, 5.41) is 12.0. The maximum Gasteiger partial charge on any atom is 0.387 e. The molecular formula is C17H15F2NO6. The minimum atomic E-state index is -3.05. The summed E-state index contributed by atoms with van der Waals surface area (Å²) in [5.41, 5.74) is -0.152. The van der Waals surface area contributed by atoms with E-state index in [0.29, 0.717) is 5.75 Å². The van der Waals surface area contributed by atoms with Crippen molar-refractivity contribution in [3.63, 3.8) is 0 Å². The first-order valence-corrected chi connectivity index (χ1v) is 7.28. The number of ether oxygens (including phenoxy) is 3. The number of hydrogen-bond donors (Lipinski definition) is 2. The number of phenolic OH excluding ortho intramolecular Hbond substituents is 1. The number of aromatic hydroxyl groups is 1. The third kappa shape index (κ3) is 5.07. The van der Waals surface area contributed by atoms with Crippen LogP contribution in [0.1, 0.15) is 10.4 Å². The van der Waals surface area contributed by atoms with Crippen molar-refractivity contribution < 1.29 is 37.7 Å². The van der Waals surface area contributed by atoms with Crippen LogP contribution in [-0.2, 0) is 9.53 Å². The van der Waals surface area contributed by atoms with Crippen LogP contribution in [0.2, 0.25) is 0 Å². The summed E-state index contributed by atoms with van der Waals surface area (Å²) < 4.78 is 38.6. The van der Waals surface area contributed by atoms with Crippen molar-refractivity contribution in [2.75, 3.05) is 19.0 Å². The number of carbonyl (C=O) groups is 2. The molecule has 0 saturated heterocycles. The average molecular weight is 367 g/mol. The summed E-state index contributed by atoms with van der Waals surface area (Å²) in [6.45, 7) is -3.74. The van der Waals surface area contributed by atoms with Crippen LogP contribution < -0.4 is 14.8 Å². The Labute approximate surface area is 147 Å². The number of nitrogens with one attached hydrogen (secondary N) is 1. The largest absolute Gasteiger partial charge is 0.507 e. The predicted molar refractivity (Wildman–Crippen MR) is 86.6 cm³/mol. The van der Waals surface area contributed by atoms with Gasteiger partial charge in [-0.3, -0.25) is 4.79 Å². The highest BCUT2D eigenvalue weighted by Gasteiger charge is 2.16. The van der Waals surface area contributed by atoms with Crippen LogP contribution in [0, 0.1) is 0 Å². The van der Waals surface area contributed by atoms with Crippen LogP contribution in [0.5, 0.6) is 17.2 Å². The topological polar surface area (TPSA) is 94.1 Å². The molecule has 0 aliphatic rings. The van der Waals surface area contributed by atoms with E-state index in [1.54, 1.807) is 0 Å². The van der Waals surface area contributed by atoms with Gasteiger partial charge in [0.25, 0.3) is 5.91 Å². The zero-order valence-corrected chi connectivity index (χ0v) is 13.6. The van der Waals surface area contributed by atoms with Gasteiger partial charge in [0.2, 0.25) is 0 Å². The molecule has 0 fully saturated rings. The fourth-order valence-corrected chi connectivity index (χ4v) is 1.97. The highest BCUT2D eigenvalue weighted by Crippen LogP contribution is 2.26. The van der Waals surface area contributed by atoms with Crippen LogP contribution in [0.25, 0.3) is 0 Å². The maximum atomic E-state index is 12.3. The molecule has 138 valence electrons. The lowest BCUT2D eigenvalue weighted by Crippen LogP contribution is -2.21. The van der Waals surface area contributed by atoms with E-state index in [9.17, 15) is 23.5 Å². The second-order valence-electron chi connectivity index (χ2n) is 4.88. The van der Waals surface area contributed by atoms with Gasteiger partial charge < -0.3 is 24.6 Å². The van der Waals surface area contributed by atoms with E-state index in [2.05, 4.69) is 10.1 Å². The second kappa shape index (κ2) is 8.65. The Morgan fingerprint density at radius 1 is 1.19 bits per heavy atom. The summed E-state index contributed by atoms with van der Waals surface area (Å²) >= 11 is 0. The summed E-state index contributed by atoms with van der Waals surface area (Å²) in [5.74, 6) is -1.96. The highest BCUT2D eigenvalue weighted by molar-refractivity contribution is 5.97. The van der Waals surface area contributed by atoms with E-state index >= 15 is 0 Å². The van der Waals surface area contributed by atoms with Gasteiger partial charge in [0.15, 0.2) is 6.61 Å². The van der Waals surface area contributed by atoms with Crippen molar-refractivity contribution in [1.29, 1.82) is 0 Å². The van der Waals surface area contributed by atoms with Crippen molar-refractivity contribution in [3.8, 4) is 17.2 Å². The summed E-state index contributed by atoms with van der Waals surface area (Å²) in [7, 11) is 1.40. The Morgan fingerprint density at radius 2 is 1.92 bits per heavy atom. The van der Waals surface area contributed by atoms with Crippen LogP contribution in [0.3, 0.4) is 0 Å². The summed E-state index contributed by atoms with van der Waals surface area (Å²) in [4.78, 5) is 23.8. The van der Waals surface area contributed by atoms with Gasteiger partial charge in [-0.2, -0.15) is 8.78 Å². The lowest BCUT2D eigenvalue weighted by molar-refractivity contribution is -0.119. The number of rotatable bonds is 7. The fraction of sp³-hybridized carbons (Fsp3) is 0.176. The van der Waals surface area contributed by atoms with E-state index in [-0.39, 0.29) is 22.7 Å². The van der Waals surface area contributed by atoms with Gasteiger partial charge in [0.1, 0.15) is 22.8 Å². The van der Waals surface area contributed by atoms with Gasteiger partial charge in [-0.15, -0.1) is 0 Å². The Balaban J connectivity index is 1.96. The molecule has 2 rings (SSSR count). The smallest absolute Gasteiger partial charge is 0.387 e. The zero-order chi connectivity index (χ0) is 19.1. The normalized spacial score (nSPS) is 10.3. The molecule has 0 atom stereocenters. The van der Waals surface area contributed by atoms with E-state index in [1.165, 1.54) is 49.6 Å².